The van der Waals surface area contributed by atoms with Crippen LogP contribution >= 0.6 is 35.7 Å². The normalized spacial score (nSPS) is 18.0. The SMILES string of the molecule is CN=C(NCC(C)Sc1ccccc1)NC1CCN(S(=O)(=O)C(F)(F)F)CC1.I. The van der Waals surface area contributed by atoms with Crippen molar-refractivity contribution in [1.82, 2.24) is 14.9 Å². The Kier molecular flexibility index (Phi) is 10.5. The van der Waals surface area contributed by atoms with Gasteiger partial charge in [0.15, 0.2) is 5.96 Å². The molecule has 1 aromatic rings. The van der Waals surface area contributed by atoms with E-state index in [0.717, 1.165) is 4.90 Å². The summed E-state index contributed by atoms with van der Waals surface area (Å²) in [5.41, 5.74) is -5.25. The van der Waals surface area contributed by atoms with Crippen LogP contribution in [-0.2, 0) is 10.0 Å². The number of guanidine groups is 1. The first-order chi connectivity index (χ1) is 13.1. The Hall–Kier alpha value is -0.730. The summed E-state index contributed by atoms with van der Waals surface area (Å²) in [7, 11) is -3.63. The van der Waals surface area contributed by atoms with Gasteiger partial charge < -0.3 is 10.6 Å². The Balaban J connectivity index is 0.00000420. The molecule has 1 aliphatic rings. The molecule has 0 spiro atoms. The summed E-state index contributed by atoms with van der Waals surface area (Å²) in [5.74, 6) is 0.553. The van der Waals surface area contributed by atoms with Gasteiger partial charge in [-0.25, -0.2) is 8.42 Å². The number of benzene rings is 1. The van der Waals surface area contributed by atoms with Crippen LogP contribution in [0.5, 0.6) is 0 Å². The second-order valence-electron chi connectivity index (χ2n) is 6.46. The zero-order valence-corrected chi connectivity index (χ0v) is 20.1. The smallest absolute Gasteiger partial charge is 0.355 e. The molecule has 0 aromatic heterocycles. The van der Waals surface area contributed by atoms with Crippen molar-refractivity contribution in [2.75, 3.05) is 26.7 Å². The fraction of sp³-hybridized carbons (Fsp3) is 0.588. The predicted molar refractivity (Wildman–Crippen MR) is 121 cm³/mol. The van der Waals surface area contributed by atoms with Crippen LogP contribution in [0, 0.1) is 0 Å². The van der Waals surface area contributed by atoms with Gasteiger partial charge in [-0.15, -0.1) is 35.7 Å². The van der Waals surface area contributed by atoms with Crippen LogP contribution in [0.1, 0.15) is 19.8 Å². The third kappa shape index (κ3) is 7.79. The van der Waals surface area contributed by atoms with Crippen molar-refractivity contribution in [2.24, 2.45) is 4.99 Å². The van der Waals surface area contributed by atoms with Gasteiger partial charge in [-0.2, -0.15) is 17.5 Å². The third-order valence-electron chi connectivity index (χ3n) is 4.29. The van der Waals surface area contributed by atoms with Crippen LogP contribution < -0.4 is 10.6 Å². The largest absolute Gasteiger partial charge is 0.511 e. The van der Waals surface area contributed by atoms with Gasteiger partial charge in [0.2, 0.25) is 0 Å². The van der Waals surface area contributed by atoms with Crippen molar-refractivity contribution < 1.29 is 21.6 Å². The summed E-state index contributed by atoms with van der Waals surface area (Å²) in [5, 5.41) is 6.65. The van der Waals surface area contributed by atoms with Crippen LogP contribution in [-0.4, -0.2) is 62.2 Å². The fourth-order valence-corrected chi connectivity index (χ4v) is 4.72. The van der Waals surface area contributed by atoms with E-state index in [9.17, 15) is 21.6 Å². The topological polar surface area (TPSA) is 73.8 Å². The third-order valence-corrected chi connectivity index (χ3v) is 7.03. The van der Waals surface area contributed by atoms with E-state index in [4.69, 9.17) is 0 Å². The first kappa shape index (κ1) is 26.3. The molecule has 0 bridgehead atoms. The monoisotopic (exact) mass is 566 g/mol. The Labute approximate surface area is 191 Å². The van der Waals surface area contributed by atoms with Crippen LogP contribution in [0.15, 0.2) is 40.2 Å². The van der Waals surface area contributed by atoms with Crippen molar-refractivity contribution in [2.45, 2.75) is 41.5 Å². The van der Waals surface area contributed by atoms with E-state index in [0.29, 0.717) is 16.8 Å². The molecule has 1 heterocycles. The zero-order valence-electron chi connectivity index (χ0n) is 16.1. The summed E-state index contributed by atoms with van der Waals surface area (Å²) >= 11 is 1.72. The second-order valence-corrected chi connectivity index (χ2v) is 9.90. The van der Waals surface area contributed by atoms with Crippen molar-refractivity contribution in [3.63, 3.8) is 0 Å². The van der Waals surface area contributed by atoms with E-state index in [2.05, 4.69) is 22.5 Å². The molecular formula is C17H26F3IN4O2S2. The van der Waals surface area contributed by atoms with Crippen molar-refractivity contribution >= 4 is 51.7 Å². The van der Waals surface area contributed by atoms with Gasteiger partial charge in [0.05, 0.1) is 0 Å². The molecule has 1 aliphatic heterocycles. The average Bonchev–Trinajstić information content (AvgIpc) is 2.65. The molecule has 6 nitrogen and oxygen atoms in total. The van der Waals surface area contributed by atoms with Gasteiger partial charge in [-0.05, 0) is 25.0 Å². The maximum absolute atomic E-state index is 12.6. The number of nitrogens with one attached hydrogen (secondary N) is 2. The minimum atomic E-state index is -5.25. The predicted octanol–water partition coefficient (Wildman–Crippen LogP) is 3.26. The summed E-state index contributed by atoms with van der Waals surface area (Å²) in [4.78, 5) is 5.31. The number of sulfonamides is 1. The molecular weight excluding hydrogens is 540 g/mol. The molecule has 1 aromatic carbocycles. The molecule has 0 amide bonds. The van der Waals surface area contributed by atoms with Crippen molar-refractivity contribution in [3.05, 3.63) is 30.3 Å². The molecule has 0 radical (unpaired) electrons. The van der Waals surface area contributed by atoms with E-state index in [1.54, 1.807) is 18.8 Å². The zero-order chi connectivity index (χ0) is 20.8. The lowest BCUT2D eigenvalue weighted by atomic mass is 10.1. The highest BCUT2D eigenvalue weighted by Crippen LogP contribution is 2.29. The Morgan fingerprint density at radius 2 is 1.86 bits per heavy atom. The number of aliphatic imine (C=N–C) groups is 1. The van der Waals surface area contributed by atoms with Crippen molar-refractivity contribution in [3.8, 4) is 0 Å². The maximum Gasteiger partial charge on any atom is 0.511 e. The fourth-order valence-electron chi connectivity index (χ4n) is 2.79. The molecule has 29 heavy (non-hydrogen) atoms. The molecule has 1 fully saturated rings. The lowest BCUT2D eigenvalue weighted by molar-refractivity contribution is -0.0494. The van der Waals surface area contributed by atoms with Gasteiger partial charge in [0.1, 0.15) is 0 Å². The van der Waals surface area contributed by atoms with Crippen LogP contribution in [0.3, 0.4) is 0 Å². The quantitative estimate of drug-likeness (QED) is 0.240. The highest BCUT2D eigenvalue weighted by atomic mass is 127. The standard InChI is InChI=1S/C17H25F3N4O2S2.HI/c1-13(27-15-6-4-3-5-7-15)12-22-16(21-2)23-14-8-10-24(11-9-14)28(25,26)17(18,19)20;/h3-7,13-14H,8-12H2,1-2H3,(H2,21,22,23);1H. The number of hydrogen-bond donors (Lipinski definition) is 2. The number of hydrogen-bond acceptors (Lipinski definition) is 4. The van der Waals surface area contributed by atoms with E-state index >= 15 is 0 Å². The minimum absolute atomic E-state index is 0. The minimum Gasteiger partial charge on any atom is -0.355 e. The lowest BCUT2D eigenvalue weighted by Gasteiger charge is -2.32. The highest BCUT2D eigenvalue weighted by molar-refractivity contribution is 14.0. The number of piperidine rings is 1. The molecule has 2 N–H and O–H groups in total. The molecule has 0 aliphatic carbocycles. The van der Waals surface area contributed by atoms with Crippen molar-refractivity contribution in [1.29, 1.82) is 0 Å². The second kappa shape index (κ2) is 11.6. The van der Waals surface area contributed by atoms with Crippen LogP contribution in [0.2, 0.25) is 0 Å². The van der Waals surface area contributed by atoms with Crippen LogP contribution in [0.25, 0.3) is 0 Å². The highest BCUT2D eigenvalue weighted by Gasteiger charge is 2.50. The number of thioether (sulfide) groups is 1. The molecule has 1 unspecified atom stereocenters. The summed E-state index contributed by atoms with van der Waals surface area (Å²) in [6.07, 6.45) is 0.564. The Bertz CT molecular complexity index is 756. The van der Waals surface area contributed by atoms with Gasteiger partial charge in [0.25, 0.3) is 0 Å². The molecule has 1 atom stereocenters. The van der Waals surface area contributed by atoms with E-state index in [-0.39, 0.29) is 61.2 Å². The number of nitrogens with zero attached hydrogens (tertiary/aromatic N) is 2. The summed E-state index contributed by atoms with van der Waals surface area (Å²) < 4.78 is 61.3. The van der Waals surface area contributed by atoms with Crippen LogP contribution in [0.4, 0.5) is 13.2 Å². The van der Waals surface area contributed by atoms with E-state index in [1.165, 1.54) is 0 Å². The molecule has 2 rings (SSSR count). The molecule has 166 valence electrons. The van der Waals surface area contributed by atoms with Gasteiger partial charge in [-0.1, -0.05) is 25.1 Å². The first-order valence-corrected chi connectivity index (χ1v) is 11.2. The Morgan fingerprint density at radius 3 is 2.38 bits per heavy atom. The molecule has 0 saturated carbocycles. The number of halogens is 4. The summed E-state index contributed by atoms with van der Waals surface area (Å²) in [6, 6.07) is 9.86. The van der Waals surface area contributed by atoms with Gasteiger partial charge in [0, 0.05) is 42.9 Å². The van der Waals surface area contributed by atoms with E-state index < -0.39 is 15.5 Å². The van der Waals surface area contributed by atoms with Gasteiger partial charge >= 0.3 is 15.5 Å². The number of alkyl halides is 3. The first-order valence-electron chi connectivity index (χ1n) is 8.89. The summed E-state index contributed by atoms with van der Waals surface area (Å²) in [6.45, 7) is 2.40. The molecule has 12 heteroatoms. The average molecular weight is 566 g/mol. The Morgan fingerprint density at radius 1 is 1.28 bits per heavy atom. The number of rotatable bonds is 6. The van der Waals surface area contributed by atoms with E-state index in [1.807, 2.05) is 30.3 Å². The van der Waals surface area contributed by atoms with Gasteiger partial charge in [-0.3, -0.25) is 4.99 Å². The molecule has 1 saturated heterocycles. The maximum atomic E-state index is 12.6. The lowest BCUT2D eigenvalue weighted by Crippen LogP contribution is -2.52.